The molecule has 0 saturated carbocycles. The zero-order valence-corrected chi connectivity index (χ0v) is 12.2. The average molecular weight is 316 g/mol. The summed E-state index contributed by atoms with van der Waals surface area (Å²) in [5.41, 5.74) is 2.30. The van der Waals surface area contributed by atoms with Crippen LogP contribution in [0.4, 0.5) is 4.39 Å². The van der Waals surface area contributed by atoms with Crippen molar-refractivity contribution in [2.45, 2.75) is 6.42 Å². The van der Waals surface area contributed by atoms with Gasteiger partial charge in [0.2, 0.25) is 0 Å². The molecular formula is C16H11ClFN3O. The number of aldehydes is 1. The Morgan fingerprint density at radius 2 is 1.95 bits per heavy atom. The third kappa shape index (κ3) is 2.89. The highest BCUT2D eigenvalue weighted by Gasteiger charge is 2.14. The fourth-order valence-corrected chi connectivity index (χ4v) is 2.31. The minimum absolute atomic E-state index is 0.235. The van der Waals surface area contributed by atoms with Crippen LogP contribution in [0.5, 0.6) is 0 Å². The molecule has 0 bridgehead atoms. The van der Waals surface area contributed by atoms with Crippen molar-refractivity contribution in [3.8, 4) is 5.69 Å². The van der Waals surface area contributed by atoms with Crippen LogP contribution in [-0.4, -0.2) is 21.3 Å². The van der Waals surface area contributed by atoms with E-state index in [1.165, 1.54) is 16.8 Å². The summed E-state index contributed by atoms with van der Waals surface area (Å²) in [7, 11) is 0. The van der Waals surface area contributed by atoms with Crippen molar-refractivity contribution >= 4 is 17.9 Å². The summed E-state index contributed by atoms with van der Waals surface area (Å²) >= 11 is 5.87. The molecule has 3 aromatic rings. The average Bonchev–Trinajstić information content (AvgIpc) is 2.92. The van der Waals surface area contributed by atoms with Gasteiger partial charge in [-0.3, -0.25) is 4.79 Å². The van der Waals surface area contributed by atoms with Gasteiger partial charge in [-0.1, -0.05) is 35.0 Å². The molecule has 0 N–H and O–H groups in total. The van der Waals surface area contributed by atoms with Crippen LogP contribution in [0.3, 0.4) is 0 Å². The van der Waals surface area contributed by atoms with E-state index in [1.54, 1.807) is 24.3 Å². The molecule has 22 heavy (non-hydrogen) atoms. The van der Waals surface area contributed by atoms with Gasteiger partial charge < -0.3 is 0 Å². The van der Waals surface area contributed by atoms with E-state index in [0.717, 1.165) is 5.56 Å². The molecule has 0 spiro atoms. The predicted octanol–water partition coefficient (Wildman–Crippen LogP) is 3.46. The normalized spacial score (nSPS) is 10.6. The fourth-order valence-electron chi connectivity index (χ4n) is 2.18. The quantitative estimate of drug-likeness (QED) is 0.693. The lowest BCUT2D eigenvalue weighted by Gasteiger charge is -2.07. The molecular weight excluding hydrogens is 305 g/mol. The molecule has 0 radical (unpaired) electrons. The van der Waals surface area contributed by atoms with Gasteiger partial charge in [-0.05, 0) is 35.9 Å². The molecule has 110 valence electrons. The van der Waals surface area contributed by atoms with E-state index in [0.29, 0.717) is 29.1 Å². The summed E-state index contributed by atoms with van der Waals surface area (Å²) in [6.45, 7) is 0. The molecule has 0 saturated heterocycles. The van der Waals surface area contributed by atoms with Crippen LogP contribution in [0.2, 0.25) is 5.02 Å². The van der Waals surface area contributed by atoms with Crippen molar-refractivity contribution < 1.29 is 9.18 Å². The van der Waals surface area contributed by atoms with E-state index >= 15 is 0 Å². The maximum Gasteiger partial charge on any atom is 0.172 e. The van der Waals surface area contributed by atoms with Crippen LogP contribution in [0.1, 0.15) is 21.7 Å². The Balaban J connectivity index is 2.04. The first-order valence-corrected chi connectivity index (χ1v) is 6.95. The molecule has 0 atom stereocenters. The van der Waals surface area contributed by atoms with Crippen LogP contribution in [0.15, 0.2) is 48.5 Å². The molecule has 0 amide bonds. The molecule has 6 heteroatoms. The summed E-state index contributed by atoms with van der Waals surface area (Å²) < 4.78 is 14.9. The summed E-state index contributed by atoms with van der Waals surface area (Å²) in [6.07, 6.45) is 1.09. The van der Waals surface area contributed by atoms with E-state index < -0.39 is 0 Å². The van der Waals surface area contributed by atoms with Gasteiger partial charge in [-0.25, -0.2) is 9.07 Å². The minimum atomic E-state index is -0.377. The van der Waals surface area contributed by atoms with Crippen LogP contribution in [0.25, 0.3) is 5.69 Å². The Kier molecular flexibility index (Phi) is 3.98. The van der Waals surface area contributed by atoms with E-state index in [4.69, 9.17) is 11.6 Å². The number of rotatable bonds is 4. The Hall–Kier alpha value is -2.53. The Bertz CT molecular complexity index is 815. The largest absolute Gasteiger partial charge is 0.296 e. The molecule has 0 aliphatic carbocycles. The number of aromatic nitrogens is 3. The lowest BCUT2D eigenvalue weighted by atomic mass is 10.1. The number of halogens is 2. The van der Waals surface area contributed by atoms with Gasteiger partial charge in [0.15, 0.2) is 6.29 Å². The van der Waals surface area contributed by atoms with Crippen LogP contribution < -0.4 is 0 Å². The molecule has 0 aliphatic heterocycles. The minimum Gasteiger partial charge on any atom is -0.296 e. The maximum absolute atomic E-state index is 13.4. The second-order valence-corrected chi connectivity index (χ2v) is 5.17. The fraction of sp³-hybridized carbons (Fsp3) is 0.0625. The van der Waals surface area contributed by atoms with E-state index in [1.807, 2.05) is 12.1 Å². The lowest BCUT2D eigenvalue weighted by Crippen LogP contribution is -2.05. The van der Waals surface area contributed by atoms with E-state index in [2.05, 4.69) is 10.3 Å². The first-order chi connectivity index (χ1) is 10.7. The van der Waals surface area contributed by atoms with Crippen molar-refractivity contribution in [1.82, 2.24) is 15.0 Å². The van der Waals surface area contributed by atoms with Gasteiger partial charge in [0, 0.05) is 11.4 Å². The summed E-state index contributed by atoms with van der Waals surface area (Å²) in [6, 6.07) is 13.2. The van der Waals surface area contributed by atoms with Crippen molar-refractivity contribution in [3.05, 3.63) is 76.3 Å². The third-order valence-electron chi connectivity index (χ3n) is 3.24. The van der Waals surface area contributed by atoms with Gasteiger partial charge in [0.25, 0.3) is 0 Å². The number of hydrogen-bond donors (Lipinski definition) is 0. The first-order valence-electron chi connectivity index (χ1n) is 6.57. The Morgan fingerprint density at radius 1 is 1.18 bits per heavy atom. The van der Waals surface area contributed by atoms with Crippen LogP contribution in [-0.2, 0) is 6.42 Å². The van der Waals surface area contributed by atoms with Gasteiger partial charge in [-0.2, -0.15) is 0 Å². The van der Waals surface area contributed by atoms with Crippen molar-refractivity contribution in [3.63, 3.8) is 0 Å². The molecule has 1 heterocycles. The standard InChI is InChI=1S/C16H11ClFN3O/c17-12-6-4-11(5-7-12)8-16-15(10-22)19-20-21(16)14-3-1-2-13(18)9-14/h1-7,9-10H,8H2. The smallest absolute Gasteiger partial charge is 0.172 e. The van der Waals surface area contributed by atoms with Gasteiger partial charge in [-0.15, -0.1) is 5.10 Å². The van der Waals surface area contributed by atoms with Gasteiger partial charge in [0.1, 0.15) is 11.5 Å². The first kappa shape index (κ1) is 14.4. The molecule has 2 aromatic carbocycles. The summed E-state index contributed by atoms with van der Waals surface area (Å²) in [5, 5.41) is 8.44. The van der Waals surface area contributed by atoms with Crippen LogP contribution in [0, 0.1) is 5.82 Å². The number of benzene rings is 2. The highest BCUT2D eigenvalue weighted by atomic mass is 35.5. The van der Waals surface area contributed by atoms with E-state index in [9.17, 15) is 9.18 Å². The SMILES string of the molecule is O=Cc1nnn(-c2cccc(F)c2)c1Cc1ccc(Cl)cc1. The third-order valence-corrected chi connectivity index (χ3v) is 3.49. The zero-order valence-electron chi connectivity index (χ0n) is 11.4. The van der Waals surface area contributed by atoms with Crippen molar-refractivity contribution in [1.29, 1.82) is 0 Å². The predicted molar refractivity (Wildman–Crippen MR) is 81.0 cm³/mol. The number of carbonyl (C=O) groups is 1. The second kappa shape index (κ2) is 6.07. The summed E-state index contributed by atoms with van der Waals surface area (Å²) in [5.74, 6) is -0.377. The zero-order chi connectivity index (χ0) is 15.5. The lowest BCUT2D eigenvalue weighted by molar-refractivity contribution is 0.111. The molecule has 0 fully saturated rings. The molecule has 1 aromatic heterocycles. The topological polar surface area (TPSA) is 47.8 Å². The van der Waals surface area contributed by atoms with Crippen molar-refractivity contribution in [2.75, 3.05) is 0 Å². The highest BCUT2D eigenvalue weighted by Crippen LogP contribution is 2.18. The molecule has 0 aliphatic rings. The number of hydrogen-bond acceptors (Lipinski definition) is 3. The second-order valence-electron chi connectivity index (χ2n) is 4.73. The molecule has 3 rings (SSSR count). The highest BCUT2D eigenvalue weighted by molar-refractivity contribution is 6.30. The Morgan fingerprint density at radius 3 is 2.64 bits per heavy atom. The summed E-state index contributed by atoms with van der Waals surface area (Å²) in [4.78, 5) is 11.2. The number of nitrogens with zero attached hydrogens (tertiary/aromatic N) is 3. The van der Waals surface area contributed by atoms with Crippen LogP contribution >= 0.6 is 11.6 Å². The van der Waals surface area contributed by atoms with Crippen molar-refractivity contribution in [2.24, 2.45) is 0 Å². The van der Waals surface area contributed by atoms with Gasteiger partial charge >= 0.3 is 0 Å². The Labute approximate surface area is 131 Å². The monoisotopic (exact) mass is 315 g/mol. The number of carbonyl (C=O) groups excluding carboxylic acids is 1. The molecule has 0 unspecified atom stereocenters. The maximum atomic E-state index is 13.4. The van der Waals surface area contributed by atoms with E-state index in [-0.39, 0.29) is 11.5 Å². The molecule has 4 nitrogen and oxygen atoms in total. The van der Waals surface area contributed by atoms with Gasteiger partial charge in [0.05, 0.1) is 11.4 Å².